The van der Waals surface area contributed by atoms with Gasteiger partial charge in [-0.2, -0.15) is 0 Å². The summed E-state index contributed by atoms with van der Waals surface area (Å²) in [4.78, 5) is 28.4. The van der Waals surface area contributed by atoms with Gasteiger partial charge in [0.25, 0.3) is 0 Å². The molecule has 2 amide bonds. The maximum atomic E-state index is 12.1. The molecule has 0 aromatic carbocycles. The summed E-state index contributed by atoms with van der Waals surface area (Å²) in [5, 5.41) is 13.9. The molecule has 2 saturated heterocycles. The number of rotatable bonds is 5. The number of urea groups is 1. The Morgan fingerprint density at radius 1 is 1.25 bits per heavy atom. The molecular formula is C19H33N7O2. The van der Waals surface area contributed by atoms with E-state index in [0.29, 0.717) is 12.6 Å². The third-order valence-electron chi connectivity index (χ3n) is 5.57. The summed E-state index contributed by atoms with van der Waals surface area (Å²) in [6.07, 6.45) is 3.87. The van der Waals surface area contributed by atoms with Crippen LogP contribution in [-0.4, -0.2) is 103 Å². The first kappa shape index (κ1) is 20.6. The van der Waals surface area contributed by atoms with Crippen molar-refractivity contribution in [2.45, 2.75) is 37.5 Å². The highest BCUT2D eigenvalue weighted by Crippen LogP contribution is 2.26. The van der Waals surface area contributed by atoms with Crippen molar-refractivity contribution in [2.24, 2.45) is 0 Å². The number of aromatic nitrogens is 2. The van der Waals surface area contributed by atoms with Gasteiger partial charge in [0.2, 0.25) is 0 Å². The van der Waals surface area contributed by atoms with Crippen molar-refractivity contribution in [3.8, 4) is 0 Å². The van der Waals surface area contributed by atoms with Gasteiger partial charge < -0.3 is 30.0 Å². The zero-order valence-electron chi connectivity index (χ0n) is 17.4. The molecule has 0 saturated carbocycles. The number of hydrogen-bond acceptors (Lipinski definition) is 7. The molecule has 0 spiro atoms. The van der Waals surface area contributed by atoms with E-state index in [2.05, 4.69) is 20.2 Å². The lowest BCUT2D eigenvalue weighted by Crippen LogP contribution is -2.50. The first-order valence-electron chi connectivity index (χ1n) is 9.99. The Morgan fingerprint density at radius 3 is 2.61 bits per heavy atom. The lowest BCUT2D eigenvalue weighted by atomic mass is 10.0. The monoisotopic (exact) mass is 391 g/mol. The summed E-state index contributed by atoms with van der Waals surface area (Å²) < 4.78 is 0. The number of nitrogens with zero attached hydrogens (tertiary/aromatic N) is 6. The molecule has 156 valence electrons. The van der Waals surface area contributed by atoms with Crippen LogP contribution in [0.25, 0.3) is 0 Å². The number of nitrogens with one attached hydrogen (secondary N) is 1. The molecule has 2 fully saturated rings. The first-order valence-corrected chi connectivity index (χ1v) is 9.99. The van der Waals surface area contributed by atoms with Gasteiger partial charge in [-0.1, -0.05) is 0 Å². The number of carbonyl (C=O) groups excluding carboxylic acids is 1. The number of piperidine rings is 1. The molecular weight excluding hydrogens is 358 g/mol. The summed E-state index contributed by atoms with van der Waals surface area (Å²) in [6.45, 7) is 2.95. The van der Waals surface area contributed by atoms with Crippen LogP contribution in [0.5, 0.6) is 0 Å². The minimum absolute atomic E-state index is 0.0870. The van der Waals surface area contributed by atoms with E-state index in [1.54, 1.807) is 25.3 Å². The molecule has 0 aliphatic carbocycles. The van der Waals surface area contributed by atoms with Gasteiger partial charge in [-0.15, -0.1) is 0 Å². The van der Waals surface area contributed by atoms with Crippen LogP contribution in [0.4, 0.5) is 16.4 Å². The Hall–Kier alpha value is -2.13. The fourth-order valence-corrected chi connectivity index (χ4v) is 3.97. The molecule has 0 bridgehead atoms. The summed E-state index contributed by atoms with van der Waals surface area (Å²) in [6, 6.07) is 2.65. The lowest BCUT2D eigenvalue weighted by Gasteiger charge is -2.35. The molecule has 9 nitrogen and oxygen atoms in total. The van der Waals surface area contributed by atoms with E-state index >= 15 is 0 Å². The highest BCUT2D eigenvalue weighted by atomic mass is 16.3. The molecule has 2 aliphatic heterocycles. The van der Waals surface area contributed by atoms with Crippen LogP contribution in [0.2, 0.25) is 0 Å². The molecule has 1 aromatic heterocycles. The molecule has 1 aromatic rings. The van der Waals surface area contributed by atoms with Crippen LogP contribution in [0.1, 0.15) is 19.3 Å². The van der Waals surface area contributed by atoms with Gasteiger partial charge in [-0.25, -0.2) is 14.8 Å². The highest BCUT2D eigenvalue weighted by Gasteiger charge is 2.33. The molecule has 3 rings (SSSR count). The van der Waals surface area contributed by atoms with Crippen molar-refractivity contribution in [1.82, 2.24) is 25.1 Å². The van der Waals surface area contributed by atoms with Crippen molar-refractivity contribution in [1.29, 1.82) is 0 Å². The highest BCUT2D eigenvalue weighted by molar-refractivity contribution is 5.73. The normalized spacial score (nSPS) is 23.2. The van der Waals surface area contributed by atoms with E-state index in [4.69, 9.17) is 0 Å². The number of β-amino-alcohol motifs (C(OH)–C–C–N with tert-alkyl or cyclic N) is 1. The fourth-order valence-electron chi connectivity index (χ4n) is 3.97. The third kappa shape index (κ3) is 4.82. The van der Waals surface area contributed by atoms with Crippen molar-refractivity contribution in [3.63, 3.8) is 0 Å². The average Bonchev–Trinajstić information content (AvgIpc) is 3.07. The zero-order valence-corrected chi connectivity index (χ0v) is 17.4. The Bertz CT molecular complexity index is 661. The Kier molecular flexibility index (Phi) is 6.56. The number of carbonyl (C=O) groups is 1. The van der Waals surface area contributed by atoms with Crippen molar-refractivity contribution in [3.05, 3.63) is 12.4 Å². The van der Waals surface area contributed by atoms with E-state index in [-0.39, 0.29) is 18.2 Å². The Balaban J connectivity index is 1.55. The first-order chi connectivity index (χ1) is 13.3. The van der Waals surface area contributed by atoms with Crippen LogP contribution < -0.4 is 15.1 Å². The van der Waals surface area contributed by atoms with Gasteiger partial charge in [-0.05, 0) is 19.3 Å². The Morgan fingerprint density at radius 2 is 1.96 bits per heavy atom. The van der Waals surface area contributed by atoms with Crippen molar-refractivity contribution < 1.29 is 9.90 Å². The van der Waals surface area contributed by atoms with Gasteiger partial charge in [0.05, 0.1) is 6.10 Å². The van der Waals surface area contributed by atoms with Crippen LogP contribution in [0.15, 0.2) is 12.4 Å². The summed E-state index contributed by atoms with van der Waals surface area (Å²) >= 11 is 0. The number of anilines is 2. The van der Waals surface area contributed by atoms with Gasteiger partial charge in [-0.3, -0.25) is 0 Å². The predicted octanol–water partition coefficient (Wildman–Crippen LogP) is 0.218. The lowest BCUT2D eigenvalue weighted by molar-refractivity contribution is 0.152. The van der Waals surface area contributed by atoms with E-state index in [1.807, 2.05) is 30.0 Å². The number of amides is 2. The average molecular weight is 392 g/mol. The predicted molar refractivity (Wildman–Crippen MR) is 110 cm³/mol. The molecule has 2 aliphatic rings. The zero-order chi connectivity index (χ0) is 20.3. The maximum absolute atomic E-state index is 12.1. The topological polar surface area (TPSA) is 88.1 Å². The van der Waals surface area contributed by atoms with E-state index in [0.717, 1.165) is 50.5 Å². The molecule has 28 heavy (non-hydrogen) atoms. The second kappa shape index (κ2) is 8.91. The largest absolute Gasteiger partial charge is 0.391 e. The molecule has 0 unspecified atom stereocenters. The van der Waals surface area contributed by atoms with Gasteiger partial charge >= 0.3 is 6.03 Å². The van der Waals surface area contributed by atoms with Crippen LogP contribution >= 0.6 is 0 Å². The number of likely N-dealkylation sites (tertiary alicyclic amines) is 1. The molecule has 9 heteroatoms. The van der Waals surface area contributed by atoms with Crippen LogP contribution in [0, 0.1) is 0 Å². The van der Waals surface area contributed by atoms with E-state index in [1.165, 1.54) is 0 Å². The second-order valence-electron chi connectivity index (χ2n) is 8.17. The quantitative estimate of drug-likeness (QED) is 0.742. The summed E-state index contributed by atoms with van der Waals surface area (Å²) in [5.41, 5.74) is 0. The molecule has 3 heterocycles. The maximum Gasteiger partial charge on any atom is 0.319 e. The minimum Gasteiger partial charge on any atom is -0.391 e. The van der Waals surface area contributed by atoms with E-state index in [9.17, 15) is 9.90 Å². The van der Waals surface area contributed by atoms with Gasteiger partial charge in [0, 0.05) is 72.5 Å². The van der Waals surface area contributed by atoms with Crippen molar-refractivity contribution in [2.75, 3.05) is 64.2 Å². The van der Waals surface area contributed by atoms with E-state index < -0.39 is 0 Å². The standard InChI is InChI=1S/C19H33N7O2/c1-23(2)17-10-18(22-13-21-17)26-12-16(27)9-15(26)11-20-14-5-7-25(8-6-14)19(28)24(3)4/h10,13-16,20,27H,5-9,11-12H2,1-4H3/t15-,16-/m1/s1. The summed E-state index contributed by atoms with van der Waals surface area (Å²) in [7, 11) is 7.50. The van der Waals surface area contributed by atoms with Crippen LogP contribution in [-0.2, 0) is 0 Å². The molecule has 2 N–H and O–H groups in total. The smallest absolute Gasteiger partial charge is 0.319 e. The Labute approximate surface area is 167 Å². The van der Waals surface area contributed by atoms with Crippen molar-refractivity contribution >= 4 is 17.7 Å². The van der Waals surface area contributed by atoms with Gasteiger partial charge in [0.1, 0.15) is 18.0 Å². The third-order valence-corrected chi connectivity index (χ3v) is 5.57. The second-order valence-corrected chi connectivity index (χ2v) is 8.17. The fraction of sp³-hybridized carbons (Fsp3) is 0.737. The molecule has 0 radical (unpaired) electrons. The molecule has 2 atom stereocenters. The number of aliphatic hydroxyl groups excluding tert-OH is 1. The minimum atomic E-state index is -0.343. The number of hydrogen-bond donors (Lipinski definition) is 2. The van der Waals surface area contributed by atoms with Gasteiger partial charge in [0.15, 0.2) is 0 Å². The summed E-state index contributed by atoms with van der Waals surface area (Å²) in [5.74, 6) is 1.71. The SMILES string of the molecule is CN(C)C(=O)N1CCC(NC[C@H]2C[C@@H](O)CN2c2cc(N(C)C)ncn2)CC1. The van der Waals surface area contributed by atoms with Crippen LogP contribution in [0.3, 0.4) is 0 Å². The number of aliphatic hydroxyl groups is 1.